The molecule has 0 saturated heterocycles. The fourth-order valence-electron chi connectivity index (χ4n) is 3.31. The van der Waals surface area contributed by atoms with Crippen LogP contribution in [0.1, 0.15) is 39.9 Å². The summed E-state index contributed by atoms with van der Waals surface area (Å²) in [5, 5.41) is 0. The smallest absolute Gasteiger partial charge is 0.219 e. The van der Waals surface area contributed by atoms with E-state index in [4.69, 9.17) is 4.42 Å². The lowest BCUT2D eigenvalue weighted by Gasteiger charge is -2.36. The Bertz CT molecular complexity index is 475. The number of amides is 1. The van der Waals surface area contributed by atoms with E-state index < -0.39 is 0 Å². The van der Waals surface area contributed by atoms with Gasteiger partial charge in [-0.05, 0) is 43.2 Å². The van der Waals surface area contributed by atoms with Crippen LogP contribution in [0.15, 0.2) is 34.5 Å². The van der Waals surface area contributed by atoms with Gasteiger partial charge in [0.15, 0.2) is 0 Å². The van der Waals surface area contributed by atoms with Gasteiger partial charge in [-0.25, -0.2) is 0 Å². The summed E-state index contributed by atoms with van der Waals surface area (Å²) in [6, 6.07) is 3.79. The Labute approximate surface area is 121 Å². The van der Waals surface area contributed by atoms with Gasteiger partial charge in [0.2, 0.25) is 5.91 Å². The first-order valence-electron chi connectivity index (χ1n) is 7.42. The zero-order chi connectivity index (χ0) is 14.7. The van der Waals surface area contributed by atoms with Crippen molar-refractivity contribution in [1.82, 2.24) is 4.90 Å². The van der Waals surface area contributed by atoms with Gasteiger partial charge in [0.25, 0.3) is 0 Å². The average Bonchev–Trinajstić information content (AvgIpc) is 2.84. The molecular formula is C17H25NO2. The van der Waals surface area contributed by atoms with E-state index in [1.807, 2.05) is 17.0 Å². The number of hydrogen-bond donors (Lipinski definition) is 0. The molecule has 0 saturated carbocycles. The van der Waals surface area contributed by atoms with Gasteiger partial charge in [-0.15, -0.1) is 0 Å². The Balaban J connectivity index is 2.06. The third-order valence-electron chi connectivity index (χ3n) is 4.40. The van der Waals surface area contributed by atoms with Crippen molar-refractivity contribution in [2.45, 2.75) is 40.7 Å². The van der Waals surface area contributed by atoms with Crippen LogP contribution in [0, 0.1) is 17.8 Å². The Morgan fingerprint density at radius 3 is 2.75 bits per heavy atom. The predicted molar refractivity (Wildman–Crippen MR) is 80.0 cm³/mol. The maximum Gasteiger partial charge on any atom is 0.219 e. The second-order valence-corrected chi connectivity index (χ2v) is 6.20. The molecule has 0 unspecified atom stereocenters. The van der Waals surface area contributed by atoms with Gasteiger partial charge in [0.1, 0.15) is 5.76 Å². The maximum absolute atomic E-state index is 11.9. The number of furan rings is 1. The molecule has 0 aliphatic heterocycles. The van der Waals surface area contributed by atoms with Crippen molar-refractivity contribution >= 4 is 5.91 Å². The van der Waals surface area contributed by atoms with Crippen LogP contribution >= 0.6 is 0 Å². The molecule has 110 valence electrons. The Morgan fingerprint density at radius 1 is 1.45 bits per heavy atom. The molecule has 1 aromatic heterocycles. The van der Waals surface area contributed by atoms with E-state index >= 15 is 0 Å². The largest absolute Gasteiger partial charge is 0.467 e. The molecule has 0 radical (unpaired) electrons. The van der Waals surface area contributed by atoms with Crippen molar-refractivity contribution in [3.63, 3.8) is 0 Å². The van der Waals surface area contributed by atoms with Gasteiger partial charge in [-0.2, -0.15) is 0 Å². The van der Waals surface area contributed by atoms with E-state index in [2.05, 4.69) is 26.8 Å². The molecule has 2 rings (SSSR count). The SMILES string of the molecule is CC(=O)N(Cc1ccco1)C[C@@H]1[C@@H](C)C=C(C)C[C@@H]1C. The van der Waals surface area contributed by atoms with Gasteiger partial charge < -0.3 is 9.32 Å². The summed E-state index contributed by atoms with van der Waals surface area (Å²) in [4.78, 5) is 13.8. The molecular weight excluding hydrogens is 250 g/mol. The second-order valence-electron chi connectivity index (χ2n) is 6.20. The molecule has 1 aliphatic rings. The first kappa shape index (κ1) is 14.9. The zero-order valence-corrected chi connectivity index (χ0v) is 12.9. The summed E-state index contributed by atoms with van der Waals surface area (Å²) in [5.74, 6) is 2.64. The van der Waals surface area contributed by atoms with Gasteiger partial charge in [0, 0.05) is 13.5 Å². The number of hydrogen-bond acceptors (Lipinski definition) is 2. The molecule has 3 atom stereocenters. The van der Waals surface area contributed by atoms with Crippen molar-refractivity contribution in [3.8, 4) is 0 Å². The summed E-state index contributed by atoms with van der Waals surface area (Å²) in [6.07, 6.45) is 5.16. The number of nitrogens with zero attached hydrogens (tertiary/aromatic N) is 1. The predicted octanol–water partition coefficient (Wildman–Crippen LogP) is 3.87. The fourth-order valence-corrected chi connectivity index (χ4v) is 3.31. The van der Waals surface area contributed by atoms with E-state index in [0.717, 1.165) is 18.7 Å². The zero-order valence-electron chi connectivity index (χ0n) is 12.9. The third-order valence-corrected chi connectivity index (χ3v) is 4.40. The summed E-state index contributed by atoms with van der Waals surface area (Å²) >= 11 is 0. The van der Waals surface area contributed by atoms with Gasteiger partial charge in [-0.3, -0.25) is 4.79 Å². The molecule has 1 heterocycles. The van der Waals surface area contributed by atoms with Crippen LogP contribution in [0.5, 0.6) is 0 Å². The molecule has 1 aromatic rings. The number of rotatable bonds is 4. The van der Waals surface area contributed by atoms with Crippen molar-refractivity contribution in [3.05, 3.63) is 35.8 Å². The standard InChI is InChI=1S/C17H25NO2/c1-12-8-13(2)17(14(3)9-12)11-18(15(4)19)10-16-6-5-7-20-16/h5-8,13-14,17H,9-11H2,1-4H3/t13-,14-,17+/m0/s1. The highest BCUT2D eigenvalue weighted by Gasteiger charge is 2.29. The average molecular weight is 275 g/mol. The topological polar surface area (TPSA) is 33.5 Å². The van der Waals surface area contributed by atoms with Gasteiger partial charge in [-0.1, -0.05) is 25.5 Å². The van der Waals surface area contributed by atoms with Crippen molar-refractivity contribution in [2.75, 3.05) is 6.54 Å². The summed E-state index contributed by atoms with van der Waals surface area (Å²) in [6.45, 7) is 9.78. The maximum atomic E-state index is 11.9. The van der Waals surface area contributed by atoms with Gasteiger partial charge >= 0.3 is 0 Å². The van der Waals surface area contributed by atoms with Crippen LogP contribution in [-0.2, 0) is 11.3 Å². The molecule has 0 N–H and O–H groups in total. The molecule has 1 aliphatic carbocycles. The van der Waals surface area contributed by atoms with Crippen LogP contribution in [0.2, 0.25) is 0 Å². The van der Waals surface area contributed by atoms with E-state index in [-0.39, 0.29) is 5.91 Å². The first-order valence-corrected chi connectivity index (χ1v) is 7.42. The van der Waals surface area contributed by atoms with E-state index in [1.165, 1.54) is 5.57 Å². The molecule has 3 nitrogen and oxygen atoms in total. The number of allylic oxidation sites excluding steroid dienone is 2. The molecule has 0 fully saturated rings. The van der Waals surface area contributed by atoms with Crippen LogP contribution in [-0.4, -0.2) is 17.4 Å². The van der Waals surface area contributed by atoms with Crippen molar-refractivity contribution in [2.24, 2.45) is 17.8 Å². The summed E-state index contributed by atoms with van der Waals surface area (Å²) in [7, 11) is 0. The number of carbonyl (C=O) groups is 1. The Morgan fingerprint density at radius 2 is 2.20 bits per heavy atom. The van der Waals surface area contributed by atoms with Crippen molar-refractivity contribution in [1.29, 1.82) is 0 Å². The second kappa shape index (κ2) is 6.29. The minimum atomic E-state index is 0.118. The third kappa shape index (κ3) is 3.53. The minimum Gasteiger partial charge on any atom is -0.467 e. The lowest BCUT2D eigenvalue weighted by Crippen LogP contribution is -2.38. The Kier molecular flexibility index (Phi) is 4.69. The summed E-state index contributed by atoms with van der Waals surface area (Å²) < 4.78 is 5.37. The van der Waals surface area contributed by atoms with Crippen LogP contribution in [0.4, 0.5) is 0 Å². The molecule has 20 heavy (non-hydrogen) atoms. The molecule has 0 aromatic carbocycles. The van der Waals surface area contributed by atoms with E-state index in [1.54, 1.807) is 13.2 Å². The van der Waals surface area contributed by atoms with Crippen LogP contribution < -0.4 is 0 Å². The van der Waals surface area contributed by atoms with Gasteiger partial charge in [0.05, 0.1) is 12.8 Å². The fraction of sp³-hybridized carbons (Fsp3) is 0.588. The molecule has 3 heteroatoms. The Hall–Kier alpha value is -1.51. The summed E-state index contributed by atoms with van der Waals surface area (Å²) in [5.41, 5.74) is 1.47. The monoisotopic (exact) mass is 275 g/mol. The number of carbonyl (C=O) groups excluding carboxylic acids is 1. The van der Waals surface area contributed by atoms with E-state index in [0.29, 0.717) is 24.3 Å². The van der Waals surface area contributed by atoms with Crippen molar-refractivity contribution < 1.29 is 9.21 Å². The molecule has 0 bridgehead atoms. The minimum absolute atomic E-state index is 0.118. The van der Waals surface area contributed by atoms with Crippen LogP contribution in [0.25, 0.3) is 0 Å². The van der Waals surface area contributed by atoms with Crippen LogP contribution in [0.3, 0.4) is 0 Å². The molecule has 1 amide bonds. The molecule has 0 spiro atoms. The lowest BCUT2D eigenvalue weighted by atomic mass is 9.75. The highest BCUT2D eigenvalue weighted by atomic mass is 16.3. The highest BCUT2D eigenvalue weighted by Crippen LogP contribution is 2.34. The first-order chi connectivity index (χ1) is 9.47. The lowest BCUT2D eigenvalue weighted by molar-refractivity contribution is -0.130. The van der Waals surface area contributed by atoms with E-state index in [9.17, 15) is 4.79 Å². The quantitative estimate of drug-likeness (QED) is 0.782. The highest BCUT2D eigenvalue weighted by molar-refractivity contribution is 5.73. The normalized spacial score (nSPS) is 26.2.